The number of hydrogen-bond acceptors (Lipinski definition) is 6. The Kier molecular flexibility index (Phi) is 8.48. The Bertz CT molecular complexity index is 2020. The van der Waals surface area contributed by atoms with Crippen LogP contribution < -0.4 is 0 Å². The van der Waals surface area contributed by atoms with Gasteiger partial charge in [0, 0.05) is 60.8 Å². The minimum atomic E-state index is 0.718. The molecule has 0 N–H and O–H groups in total. The maximum Gasteiger partial charge on any atom is 0.0705 e. The molecule has 8 rings (SSSR count). The summed E-state index contributed by atoms with van der Waals surface area (Å²) in [5, 5.41) is 4.61. The van der Waals surface area contributed by atoms with Crippen molar-refractivity contribution in [2.24, 2.45) is 0 Å². The number of para-hydroxylation sites is 4. The van der Waals surface area contributed by atoms with Crippen molar-refractivity contribution in [1.82, 2.24) is 29.7 Å². The van der Waals surface area contributed by atoms with Crippen molar-refractivity contribution >= 4 is 43.6 Å². The standard InChI is InChI=1S/C42H36N6/c1-5-13-39-31(9-1)17-21-35(43-39)27-47(28-36-22-18-32-10-2-6-14-40(32)44-36)25-26-48(29-37-23-19-33-11-3-7-15-41(33)45-37)30-38-24-20-34-12-4-8-16-42(34)46-38/h1-24H,25-30H2. The second kappa shape index (κ2) is 13.7. The summed E-state index contributed by atoms with van der Waals surface area (Å²) in [5.74, 6) is 0. The molecule has 6 nitrogen and oxygen atoms in total. The maximum absolute atomic E-state index is 5.03. The van der Waals surface area contributed by atoms with Gasteiger partial charge >= 0.3 is 0 Å². The average Bonchev–Trinajstić information content (AvgIpc) is 3.13. The van der Waals surface area contributed by atoms with Crippen LogP contribution in [0.3, 0.4) is 0 Å². The van der Waals surface area contributed by atoms with Crippen LogP contribution in [0.15, 0.2) is 146 Å². The highest BCUT2D eigenvalue weighted by Gasteiger charge is 2.16. The number of pyridine rings is 4. The normalized spacial score (nSPS) is 11.8. The van der Waals surface area contributed by atoms with E-state index < -0.39 is 0 Å². The Labute approximate surface area is 280 Å². The predicted molar refractivity (Wildman–Crippen MR) is 195 cm³/mol. The Morgan fingerprint density at radius 2 is 0.542 bits per heavy atom. The number of rotatable bonds is 11. The summed E-state index contributed by atoms with van der Waals surface area (Å²) < 4.78 is 0. The van der Waals surface area contributed by atoms with E-state index in [-0.39, 0.29) is 0 Å². The van der Waals surface area contributed by atoms with Crippen LogP contribution >= 0.6 is 0 Å². The zero-order valence-electron chi connectivity index (χ0n) is 26.8. The van der Waals surface area contributed by atoms with Gasteiger partial charge in [-0.3, -0.25) is 29.7 Å². The van der Waals surface area contributed by atoms with E-state index in [4.69, 9.17) is 19.9 Å². The van der Waals surface area contributed by atoms with E-state index in [0.29, 0.717) is 0 Å². The number of fused-ring (bicyclic) bond motifs is 4. The first kappa shape index (κ1) is 29.8. The predicted octanol–water partition coefficient (Wildman–Crippen LogP) is 8.58. The van der Waals surface area contributed by atoms with Crippen LogP contribution in [-0.4, -0.2) is 42.8 Å². The van der Waals surface area contributed by atoms with Crippen LogP contribution in [-0.2, 0) is 26.2 Å². The van der Waals surface area contributed by atoms with Crippen molar-refractivity contribution in [2.75, 3.05) is 13.1 Å². The van der Waals surface area contributed by atoms with E-state index in [1.54, 1.807) is 0 Å². The molecule has 4 aromatic carbocycles. The molecule has 4 heterocycles. The quantitative estimate of drug-likeness (QED) is 0.144. The Morgan fingerprint density at radius 1 is 0.292 bits per heavy atom. The molecule has 6 heteroatoms. The molecule has 0 aliphatic heterocycles. The lowest BCUT2D eigenvalue weighted by atomic mass is 10.1. The highest BCUT2D eigenvalue weighted by molar-refractivity contribution is 5.80. The lowest BCUT2D eigenvalue weighted by Crippen LogP contribution is -2.35. The molecule has 0 unspecified atom stereocenters. The van der Waals surface area contributed by atoms with E-state index in [1.165, 1.54) is 0 Å². The molecule has 0 fully saturated rings. The topological polar surface area (TPSA) is 58.0 Å². The molecule has 0 bridgehead atoms. The van der Waals surface area contributed by atoms with Crippen molar-refractivity contribution in [3.05, 3.63) is 168 Å². The molecule has 0 aliphatic carbocycles. The minimum Gasteiger partial charge on any atom is -0.290 e. The summed E-state index contributed by atoms with van der Waals surface area (Å²) in [4.78, 5) is 25.0. The van der Waals surface area contributed by atoms with Gasteiger partial charge in [0.15, 0.2) is 0 Å². The fraction of sp³-hybridized carbons (Fsp3) is 0.143. The van der Waals surface area contributed by atoms with Crippen LogP contribution in [0.4, 0.5) is 0 Å². The molecule has 0 aliphatic rings. The van der Waals surface area contributed by atoms with Gasteiger partial charge in [-0.1, -0.05) is 97.1 Å². The van der Waals surface area contributed by atoms with E-state index in [1.807, 2.05) is 0 Å². The maximum atomic E-state index is 5.03. The van der Waals surface area contributed by atoms with Gasteiger partial charge in [0.05, 0.1) is 44.8 Å². The molecular weight excluding hydrogens is 589 g/mol. The van der Waals surface area contributed by atoms with Crippen molar-refractivity contribution < 1.29 is 0 Å². The molecule has 0 spiro atoms. The SMILES string of the molecule is c1ccc2nc(CN(CCN(Cc3ccc4ccccc4n3)Cc3ccc4ccccc4n3)Cc3ccc4ccccc4n3)ccc2c1. The summed E-state index contributed by atoms with van der Waals surface area (Å²) in [7, 11) is 0. The van der Waals surface area contributed by atoms with Crippen molar-refractivity contribution in [3.8, 4) is 0 Å². The molecule has 0 amide bonds. The molecule has 0 radical (unpaired) electrons. The summed E-state index contributed by atoms with van der Waals surface area (Å²) >= 11 is 0. The Hall–Kier alpha value is -5.56. The highest BCUT2D eigenvalue weighted by Crippen LogP contribution is 2.19. The average molecular weight is 625 g/mol. The van der Waals surface area contributed by atoms with Gasteiger partial charge in [0.25, 0.3) is 0 Å². The van der Waals surface area contributed by atoms with E-state index >= 15 is 0 Å². The van der Waals surface area contributed by atoms with Gasteiger partial charge in [-0.05, 0) is 48.5 Å². The minimum absolute atomic E-state index is 0.718. The fourth-order valence-electron chi connectivity index (χ4n) is 6.41. The second-order valence-electron chi connectivity index (χ2n) is 12.4. The molecule has 0 saturated heterocycles. The zero-order chi connectivity index (χ0) is 32.1. The molecule has 234 valence electrons. The van der Waals surface area contributed by atoms with Crippen LogP contribution in [0.2, 0.25) is 0 Å². The summed E-state index contributed by atoms with van der Waals surface area (Å²) in [5.41, 5.74) is 8.27. The van der Waals surface area contributed by atoms with E-state index in [2.05, 4.69) is 155 Å². The lowest BCUT2D eigenvalue weighted by molar-refractivity contribution is 0.178. The van der Waals surface area contributed by atoms with E-state index in [0.717, 1.165) is 106 Å². The second-order valence-corrected chi connectivity index (χ2v) is 12.4. The third-order valence-corrected chi connectivity index (χ3v) is 8.90. The number of nitrogens with zero attached hydrogens (tertiary/aromatic N) is 6. The number of hydrogen-bond donors (Lipinski definition) is 0. The molecule has 0 atom stereocenters. The van der Waals surface area contributed by atoms with Gasteiger partial charge < -0.3 is 0 Å². The van der Waals surface area contributed by atoms with Crippen LogP contribution in [0.5, 0.6) is 0 Å². The summed E-state index contributed by atoms with van der Waals surface area (Å²) in [6.07, 6.45) is 0. The number of aromatic nitrogens is 4. The molecular formula is C42H36N6. The van der Waals surface area contributed by atoms with Crippen LogP contribution in [0.25, 0.3) is 43.6 Å². The third kappa shape index (κ3) is 6.91. The monoisotopic (exact) mass is 624 g/mol. The first-order chi connectivity index (χ1) is 23.7. The van der Waals surface area contributed by atoms with Crippen LogP contribution in [0, 0.1) is 0 Å². The first-order valence-electron chi connectivity index (χ1n) is 16.6. The van der Waals surface area contributed by atoms with E-state index in [9.17, 15) is 0 Å². The molecule has 4 aromatic heterocycles. The van der Waals surface area contributed by atoms with Crippen molar-refractivity contribution in [1.29, 1.82) is 0 Å². The van der Waals surface area contributed by atoms with Gasteiger partial charge in [0.1, 0.15) is 0 Å². The smallest absolute Gasteiger partial charge is 0.0705 e. The van der Waals surface area contributed by atoms with Gasteiger partial charge in [-0.15, -0.1) is 0 Å². The van der Waals surface area contributed by atoms with Crippen LogP contribution in [0.1, 0.15) is 22.8 Å². The number of benzene rings is 4. The largest absolute Gasteiger partial charge is 0.290 e. The van der Waals surface area contributed by atoms with Gasteiger partial charge in [-0.25, -0.2) is 0 Å². The van der Waals surface area contributed by atoms with Gasteiger partial charge in [0.2, 0.25) is 0 Å². The Balaban J connectivity index is 1.09. The molecule has 48 heavy (non-hydrogen) atoms. The molecule has 8 aromatic rings. The summed E-state index contributed by atoms with van der Waals surface area (Å²) in [6, 6.07) is 50.5. The van der Waals surface area contributed by atoms with Crippen molar-refractivity contribution in [3.63, 3.8) is 0 Å². The highest BCUT2D eigenvalue weighted by atomic mass is 15.2. The first-order valence-corrected chi connectivity index (χ1v) is 16.6. The molecule has 0 saturated carbocycles. The zero-order valence-corrected chi connectivity index (χ0v) is 26.8. The fourth-order valence-corrected chi connectivity index (χ4v) is 6.41. The van der Waals surface area contributed by atoms with Crippen molar-refractivity contribution in [2.45, 2.75) is 26.2 Å². The van der Waals surface area contributed by atoms with Gasteiger partial charge in [-0.2, -0.15) is 0 Å². The Morgan fingerprint density at radius 3 is 0.812 bits per heavy atom. The lowest BCUT2D eigenvalue weighted by Gasteiger charge is -2.27. The summed E-state index contributed by atoms with van der Waals surface area (Å²) in [6.45, 7) is 4.52. The third-order valence-electron chi connectivity index (χ3n) is 8.90.